The van der Waals surface area contributed by atoms with Crippen molar-refractivity contribution in [3.8, 4) is 5.69 Å². The van der Waals surface area contributed by atoms with E-state index in [9.17, 15) is 9.59 Å². The van der Waals surface area contributed by atoms with Crippen LogP contribution >= 0.6 is 0 Å². The molecule has 23 heavy (non-hydrogen) atoms. The zero-order chi connectivity index (χ0) is 16.8. The summed E-state index contributed by atoms with van der Waals surface area (Å²) in [6.07, 6.45) is 2.16. The molecule has 2 N–H and O–H groups in total. The van der Waals surface area contributed by atoms with Gasteiger partial charge in [0.05, 0.1) is 12.0 Å². The first-order valence-electron chi connectivity index (χ1n) is 7.68. The minimum atomic E-state index is -0.168. The van der Waals surface area contributed by atoms with E-state index in [-0.39, 0.29) is 24.7 Å². The zero-order valence-corrected chi connectivity index (χ0v) is 13.7. The SMILES string of the molecule is CCNC(=O)CCC(=O)Nc1ccc(-n2cnc(C)c2C)cc1. The van der Waals surface area contributed by atoms with Gasteiger partial charge in [-0.25, -0.2) is 4.98 Å². The van der Waals surface area contributed by atoms with Crippen LogP contribution in [-0.4, -0.2) is 27.9 Å². The third kappa shape index (κ3) is 4.42. The first-order valence-corrected chi connectivity index (χ1v) is 7.68. The van der Waals surface area contributed by atoms with Crippen LogP contribution in [-0.2, 0) is 9.59 Å². The molecule has 0 aliphatic carbocycles. The third-order valence-electron chi connectivity index (χ3n) is 3.63. The number of benzene rings is 1. The van der Waals surface area contributed by atoms with E-state index in [0.717, 1.165) is 17.1 Å². The molecule has 0 fully saturated rings. The number of carbonyl (C=O) groups is 2. The van der Waals surface area contributed by atoms with Gasteiger partial charge in [-0.2, -0.15) is 0 Å². The number of rotatable bonds is 6. The lowest BCUT2D eigenvalue weighted by molar-refractivity contribution is -0.124. The van der Waals surface area contributed by atoms with Crippen molar-refractivity contribution in [3.63, 3.8) is 0 Å². The Kier molecular flexibility index (Phi) is 5.51. The monoisotopic (exact) mass is 314 g/mol. The highest BCUT2D eigenvalue weighted by Gasteiger charge is 2.08. The maximum absolute atomic E-state index is 11.8. The van der Waals surface area contributed by atoms with Crippen molar-refractivity contribution in [2.45, 2.75) is 33.6 Å². The molecule has 6 heteroatoms. The van der Waals surface area contributed by atoms with Gasteiger partial charge in [-0.05, 0) is 45.0 Å². The van der Waals surface area contributed by atoms with Crippen molar-refractivity contribution in [1.82, 2.24) is 14.9 Å². The molecule has 2 rings (SSSR count). The highest BCUT2D eigenvalue weighted by molar-refractivity contribution is 5.93. The summed E-state index contributed by atoms with van der Waals surface area (Å²) in [5.74, 6) is -0.275. The number of nitrogens with zero attached hydrogens (tertiary/aromatic N) is 2. The molecule has 0 bridgehead atoms. The van der Waals surface area contributed by atoms with E-state index in [1.165, 1.54) is 0 Å². The quantitative estimate of drug-likeness (QED) is 0.859. The molecule has 122 valence electrons. The molecule has 6 nitrogen and oxygen atoms in total. The molecular formula is C17H22N4O2. The second-order valence-corrected chi connectivity index (χ2v) is 5.33. The Bertz CT molecular complexity index is 689. The molecule has 0 saturated carbocycles. The number of nitrogens with one attached hydrogen (secondary N) is 2. The molecule has 0 atom stereocenters. The Morgan fingerprint density at radius 2 is 1.74 bits per heavy atom. The second kappa shape index (κ2) is 7.58. The van der Waals surface area contributed by atoms with Crippen LogP contribution in [0.25, 0.3) is 5.69 Å². The smallest absolute Gasteiger partial charge is 0.224 e. The fourth-order valence-corrected chi connectivity index (χ4v) is 2.20. The van der Waals surface area contributed by atoms with Gasteiger partial charge < -0.3 is 15.2 Å². The van der Waals surface area contributed by atoms with Crippen LogP contribution in [0.2, 0.25) is 0 Å². The normalized spacial score (nSPS) is 10.4. The van der Waals surface area contributed by atoms with Crippen LogP contribution in [0.4, 0.5) is 5.69 Å². The predicted octanol–water partition coefficient (Wildman–Crippen LogP) is 2.34. The molecule has 0 aliphatic heterocycles. The Morgan fingerprint density at radius 1 is 1.09 bits per heavy atom. The highest BCUT2D eigenvalue weighted by atomic mass is 16.2. The second-order valence-electron chi connectivity index (χ2n) is 5.33. The van der Waals surface area contributed by atoms with E-state index >= 15 is 0 Å². The molecule has 2 amide bonds. The average Bonchev–Trinajstić information content (AvgIpc) is 2.86. The highest BCUT2D eigenvalue weighted by Crippen LogP contribution is 2.16. The third-order valence-corrected chi connectivity index (χ3v) is 3.63. The summed E-state index contributed by atoms with van der Waals surface area (Å²) in [5.41, 5.74) is 3.78. The first kappa shape index (κ1) is 16.7. The molecule has 1 aromatic heterocycles. The molecule has 0 saturated heterocycles. The Morgan fingerprint density at radius 3 is 2.30 bits per heavy atom. The van der Waals surface area contributed by atoms with Crippen LogP contribution in [0.5, 0.6) is 0 Å². The largest absolute Gasteiger partial charge is 0.356 e. The van der Waals surface area contributed by atoms with E-state index in [2.05, 4.69) is 15.6 Å². The van der Waals surface area contributed by atoms with E-state index in [1.54, 1.807) is 6.33 Å². The predicted molar refractivity (Wildman–Crippen MR) is 89.6 cm³/mol. The van der Waals surface area contributed by atoms with Gasteiger partial charge in [-0.15, -0.1) is 0 Å². The van der Waals surface area contributed by atoms with Crippen molar-refractivity contribution in [3.05, 3.63) is 42.0 Å². The number of aryl methyl sites for hydroxylation is 1. The average molecular weight is 314 g/mol. The molecule has 0 aliphatic rings. The van der Waals surface area contributed by atoms with Gasteiger partial charge in [0.15, 0.2) is 0 Å². The van der Waals surface area contributed by atoms with E-state index in [0.29, 0.717) is 12.2 Å². The number of imidazole rings is 1. The summed E-state index contributed by atoms with van der Waals surface area (Å²) >= 11 is 0. The molecule has 0 spiro atoms. The van der Waals surface area contributed by atoms with E-state index in [1.807, 2.05) is 49.6 Å². The van der Waals surface area contributed by atoms with Gasteiger partial charge in [-0.1, -0.05) is 0 Å². The lowest BCUT2D eigenvalue weighted by Gasteiger charge is -2.08. The van der Waals surface area contributed by atoms with Gasteiger partial charge in [0.2, 0.25) is 11.8 Å². The summed E-state index contributed by atoms with van der Waals surface area (Å²) in [5, 5.41) is 5.46. The van der Waals surface area contributed by atoms with E-state index < -0.39 is 0 Å². The van der Waals surface area contributed by atoms with Crippen molar-refractivity contribution in [1.29, 1.82) is 0 Å². The van der Waals surface area contributed by atoms with E-state index in [4.69, 9.17) is 0 Å². The molecular weight excluding hydrogens is 292 g/mol. The summed E-state index contributed by atoms with van der Waals surface area (Å²) in [7, 11) is 0. The Balaban J connectivity index is 1.94. The number of hydrogen-bond acceptors (Lipinski definition) is 3. The first-order chi connectivity index (χ1) is 11.0. The Labute approximate surface area is 135 Å². The van der Waals surface area contributed by atoms with Crippen LogP contribution in [0, 0.1) is 13.8 Å². The van der Waals surface area contributed by atoms with Gasteiger partial charge in [0.25, 0.3) is 0 Å². The van der Waals surface area contributed by atoms with Gasteiger partial charge in [0, 0.05) is 36.5 Å². The van der Waals surface area contributed by atoms with Gasteiger partial charge in [0.1, 0.15) is 0 Å². The van der Waals surface area contributed by atoms with Crippen molar-refractivity contribution in [2.24, 2.45) is 0 Å². The minimum absolute atomic E-state index is 0.107. The number of carbonyl (C=O) groups excluding carboxylic acids is 2. The van der Waals surface area contributed by atoms with Gasteiger partial charge >= 0.3 is 0 Å². The molecule has 0 radical (unpaired) electrons. The fraction of sp³-hybridized carbons (Fsp3) is 0.353. The van der Waals surface area contributed by atoms with Crippen LogP contribution in [0.3, 0.4) is 0 Å². The maximum atomic E-state index is 11.8. The van der Waals surface area contributed by atoms with Gasteiger partial charge in [-0.3, -0.25) is 9.59 Å². The fourth-order valence-electron chi connectivity index (χ4n) is 2.20. The number of aromatic nitrogens is 2. The maximum Gasteiger partial charge on any atom is 0.224 e. The van der Waals surface area contributed by atoms with Crippen LogP contribution in [0.15, 0.2) is 30.6 Å². The van der Waals surface area contributed by atoms with Crippen LogP contribution in [0.1, 0.15) is 31.2 Å². The molecule has 0 unspecified atom stereocenters. The number of amides is 2. The molecule has 2 aromatic rings. The standard InChI is InChI=1S/C17H22N4O2/c1-4-18-16(22)9-10-17(23)20-14-5-7-15(8-6-14)21-11-19-12(2)13(21)3/h5-8,11H,4,9-10H2,1-3H3,(H,18,22)(H,20,23). The van der Waals surface area contributed by atoms with Crippen molar-refractivity contribution >= 4 is 17.5 Å². The van der Waals surface area contributed by atoms with Crippen molar-refractivity contribution < 1.29 is 9.59 Å². The summed E-state index contributed by atoms with van der Waals surface area (Å²) in [6, 6.07) is 7.53. The van der Waals surface area contributed by atoms with Crippen molar-refractivity contribution in [2.75, 3.05) is 11.9 Å². The number of hydrogen-bond donors (Lipinski definition) is 2. The number of anilines is 1. The topological polar surface area (TPSA) is 76.0 Å². The minimum Gasteiger partial charge on any atom is -0.356 e. The summed E-state index contributed by atoms with van der Waals surface area (Å²) in [4.78, 5) is 27.4. The molecule has 1 heterocycles. The summed E-state index contributed by atoms with van der Waals surface area (Å²) in [6.45, 7) is 6.41. The van der Waals surface area contributed by atoms with Crippen LogP contribution < -0.4 is 10.6 Å². The molecule has 1 aromatic carbocycles. The zero-order valence-electron chi connectivity index (χ0n) is 13.7. The lowest BCUT2D eigenvalue weighted by Crippen LogP contribution is -2.24. The Hall–Kier alpha value is -2.63. The summed E-state index contributed by atoms with van der Waals surface area (Å²) < 4.78 is 2.00. The lowest BCUT2D eigenvalue weighted by atomic mass is 10.2.